The highest BCUT2D eigenvalue weighted by atomic mass is 16.5. The van der Waals surface area contributed by atoms with Crippen molar-refractivity contribution in [3.63, 3.8) is 0 Å². The van der Waals surface area contributed by atoms with Gasteiger partial charge in [0, 0.05) is 11.9 Å². The molecule has 0 aromatic heterocycles. The van der Waals surface area contributed by atoms with Crippen LogP contribution in [-0.4, -0.2) is 18.6 Å². The average Bonchev–Trinajstić information content (AvgIpc) is 2.66. The first-order valence-electron chi connectivity index (χ1n) is 8.70. The third-order valence-electron chi connectivity index (χ3n) is 4.21. The topological polar surface area (TPSA) is 38.3 Å². The Hall–Kier alpha value is -2.81. The molecule has 0 aliphatic carbocycles. The second kappa shape index (κ2) is 8.34. The van der Waals surface area contributed by atoms with E-state index in [4.69, 9.17) is 4.74 Å². The van der Waals surface area contributed by atoms with Gasteiger partial charge < -0.3 is 10.1 Å². The second-order valence-corrected chi connectivity index (χ2v) is 6.12. The predicted octanol–water partition coefficient (Wildman–Crippen LogP) is 4.36. The van der Waals surface area contributed by atoms with Gasteiger partial charge in [0.1, 0.15) is 5.75 Å². The minimum absolute atomic E-state index is 0.0824. The fourth-order valence-electron chi connectivity index (χ4n) is 2.83. The maximum absolute atomic E-state index is 12.3. The number of nitrogens with one attached hydrogen (secondary N) is 1. The summed E-state index contributed by atoms with van der Waals surface area (Å²) in [5.41, 5.74) is 1.29. The number of hydrogen-bond donors (Lipinski definition) is 1. The molecule has 0 fully saturated rings. The lowest BCUT2D eigenvalue weighted by atomic mass is 10.1. The summed E-state index contributed by atoms with van der Waals surface area (Å²) in [6.45, 7) is 2.44. The molecule has 0 heterocycles. The van der Waals surface area contributed by atoms with E-state index in [-0.39, 0.29) is 5.91 Å². The van der Waals surface area contributed by atoms with Gasteiger partial charge in [0.25, 0.3) is 5.91 Å². The Bertz CT molecular complexity index is 824. The Balaban J connectivity index is 1.50. The fourth-order valence-corrected chi connectivity index (χ4v) is 2.83. The zero-order valence-corrected chi connectivity index (χ0v) is 14.4. The third-order valence-corrected chi connectivity index (χ3v) is 4.21. The van der Waals surface area contributed by atoms with Crippen LogP contribution in [0.25, 0.3) is 10.8 Å². The van der Waals surface area contributed by atoms with Gasteiger partial charge in [-0.2, -0.15) is 0 Å². The maximum atomic E-state index is 12.3. The first-order valence-corrected chi connectivity index (χ1v) is 8.70. The van der Waals surface area contributed by atoms with Gasteiger partial charge in [0.2, 0.25) is 0 Å². The summed E-state index contributed by atoms with van der Waals surface area (Å²) in [5, 5.41) is 5.09. The van der Waals surface area contributed by atoms with Crippen LogP contribution in [0.15, 0.2) is 72.8 Å². The average molecular weight is 333 g/mol. The molecule has 1 atom stereocenters. The van der Waals surface area contributed by atoms with Crippen molar-refractivity contribution in [2.45, 2.75) is 25.9 Å². The van der Waals surface area contributed by atoms with Crippen molar-refractivity contribution in [3.05, 3.63) is 78.4 Å². The number of benzene rings is 3. The molecule has 1 N–H and O–H groups in total. The number of fused-ring (bicyclic) bond motifs is 1. The van der Waals surface area contributed by atoms with Gasteiger partial charge in [0.15, 0.2) is 6.10 Å². The Labute approximate surface area is 148 Å². The van der Waals surface area contributed by atoms with E-state index in [1.165, 1.54) is 5.56 Å². The number of carbonyl (C=O) groups excluding carboxylic acids is 1. The van der Waals surface area contributed by atoms with E-state index in [0.717, 1.165) is 29.4 Å². The molecular formula is C22H23NO2. The van der Waals surface area contributed by atoms with Crippen LogP contribution >= 0.6 is 0 Å². The normalized spacial score (nSPS) is 11.9. The van der Waals surface area contributed by atoms with Gasteiger partial charge >= 0.3 is 0 Å². The van der Waals surface area contributed by atoms with Gasteiger partial charge in [-0.05, 0) is 36.8 Å². The highest BCUT2D eigenvalue weighted by molar-refractivity contribution is 5.89. The number of ether oxygens (including phenoxy) is 1. The standard InChI is InChI=1S/C22H23NO2/c1-17(22(24)23-16-8-11-18-9-3-2-4-10-18)25-21-15-7-13-19-12-5-6-14-20(19)21/h2-7,9-10,12-15,17H,8,11,16H2,1H3,(H,23,24)/t17-/m1/s1. The summed E-state index contributed by atoms with van der Waals surface area (Å²) in [4.78, 5) is 12.3. The van der Waals surface area contributed by atoms with Crippen LogP contribution < -0.4 is 10.1 Å². The Morgan fingerprint density at radius 1 is 0.960 bits per heavy atom. The van der Waals surface area contributed by atoms with Crippen molar-refractivity contribution in [2.75, 3.05) is 6.54 Å². The molecule has 25 heavy (non-hydrogen) atoms. The van der Waals surface area contributed by atoms with Crippen molar-refractivity contribution >= 4 is 16.7 Å². The van der Waals surface area contributed by atoms with Crippen LogP contribution in [0, 0.1) is 0 Å². The second-order valence-electron chi connectivity index (χ2n) is 6.12. The van der Waals surface area contributed by atoms with Crippen LogP contribution in [-0.2, 0) is 11.2 Å². The van der Waals surface area contributed by atoms with Crippen LogP contribution in [0.2, 0.25) is 0 Å². The summed E-state index contributed by atoms with van der Waals surface area (Å²) in [6.07, 6.45) is 1.35. The Morgan fingerprint density at radius 3 is 2.52 bits per heavy atom. The summed E-state index contributed by atoms with van der Waals surface area (Å²) < 4.78 is 5.89. The summed E-state index contributed by atoms with van der Waals surface area (Å²) >= 11 is 0. The predicted molar refractivity (Wildman–Crippen MR) is 102 cm³/mol. The van der Waals surface area contributed by atoms with Crippen LogP contribution in [0.5, 0.6) is 5.75 Å². The highest BCUT2D eigenvalue weighted by Crippen LogP contribution is 2.25. The Morgan fingerprint density at radius 2 is 1.68 bits per heavy atom. The van der Waals surface area contributed by atoms with Crippen LogP contribution in [0.4, 0.5) is 0 Å². The van der Waals surface area contributed by atoms with E-state index in [0.29, 0.717) is 6.54 Å². The Kier molecular flexibility index (Phi) is 5.68. The number of rotatable bonds is 7. The van der Waals surface area contributed by atoms with Crippen molar-refractivity contribution in [1.82, 2.24) is 5.32 Å². The van der Waals surface area contributed by atoms with Crippen LogP contribution in [0.1, 0.15) is 18.9 Å². The monoisotopic (exact) mass is 333 g/mol. The van der Waals surface area contributed by atoms with Gasteiger partial charge in [-0.3, -0.25) is 4.79 Å². The van der Waals surface area contributed by atoms with Gasteiger partial charge in [-0.1, -0.05) is 66.7 Å². The lowest BCUT2D eigenvalue weighted by Crippen LogP contribution is -2.37. The molecule has 128 valence electrons. The first kappa shape index (κ1) is 17.0. The molecule has 0 unspecified atom stereocenters. The number of carbonyl (C=O) groups is 1. The highest BCUT2D eigenvalue weighted by Gasteiger charge is 2.15. The van der Waals surface area contributed by atoms with Crippen LogP contribution in [0.3, 0.4) is 0 Å². The zero-order chi connectivity index (χ0) is 17.5. The molecule has 0 bridgehead atoms. The molecule has 0 saturated carbocycles. The molecule has 0 radical (unpaired) electrons. The molecule has 0 spiro atoms. The molecule has 3 nitrogen and oxygen atoms in total. The SMILES string of the molecule is C[C@@H](Oc1cccc2ccccc12)C(=O)NCCCc1ccccc1. The van der Waals surface area contributed by atoms with Crippen molar-refractivity contribution in [2.24, 2.45) is 0 Å². The quantitative estimate of drug-likeness (QED) is 0.653. The minimum atomic E-state index is -0.525. The van der Waals surface area contributed by atoms with Crippen molar-refractivity contribution in [3.8, 4) is 5.75 Å². The summed E-state index contributed by atoms with van der Waals surface area (Å²) in [6, 6.07) is 24.2. The number of hydrogen-bond acceptors (Lipinski definition) is 2. The molecule has 3 rings (SSSR count). The lowest BCUT2D eigenvalue weighted by molar-refractivity contribution is -0.127. The van der Waals surface area contributed by atoms with Gasteiger partial charge in [-0.25, -0.2) is 0 Å². The lowest BCUT2D eigenvalue weighted by Gasteiger charge is -2.16. The van der Waals surface area contributed by atoms with Crippen molar-refractivity contribution in [1.29, 1.82) is 0 Å². The van der Waals surface area contributed by atoms with E-state index >= 15 is 0 Å². The summed E-state index contributed by atoms with van der Waals surface area (Å²) in [5.74, 6) is 0.658. The summed E-state index contributed by atoms with van der Waals surface area (Å²) in [7, 11) is 0. The number of aryl methyl sites for hydroxylation is 1. The van der Waals surface area contributed by atoms with E-state index in [1.54, 1.807) is 6.92 Å². The fraction of sp³-hybridized carbons (Fsp3) is 0.227. The van der Waals surface area contributed by atoms with E-state index < -0.39 is 6.10 Å². The molecule has 0 aliphatic rings. The maximum Gasteiger partial charge on any atom is 0.260 e. The molecule has 0 saturated heterocycles. The van der Waals surface area contributed by atoms with E-state index in [1.807, 2.05) is 60.7 Å². The molecular weight excluding hydrogens is 310 g/mol. The molecule has 1 amide bonds. The first-order chi connectivity index (χ1) is 12.2. The third kappa shape index (κ3) is 4.60. The largest absolute Gasteiger partial charge is 0.480 e. The van der Waals surface area contributed by atoms with E-state index in [2.05, 4.69) is 17.4 Å². The van der Waals surface area contributed by atoms with Gasteiger partial charge in [0.05, 0.1) is 0 Å². The smallest absolute Gasteiger partial charge is 0.260 e. The molecule has 3 heteroatoms. The molecule has 0 aliphatic heterocycles. The van der Waals surface area contributed by atoms with E-state index in [9.17, 15) is 4.79 Å². The minimum Gasteiger partial charge on any atom is -0.480 e. The van der Waals surface area contributed by atoms with Gasteiger partial charge in [-0.15, -0.1) is 0 Å². The molecule has 3 aromatic rings. The molecule has 3 aromatic carbocycles. The van der Waals surface area contributed by atoms with Crippen molar-refractivity contribution < 1.29 is 9.53 Å². The zero-order valence-electron chi connectivity index (χ0n) is 14.4. The number of amides is 1.